The molecule has 1 aliphatic heterocycles. The molecule has 90 valence electrons. The van der Waals surface area contributed by atoms with Crippen molar-refractivity contribution in [2.24, 2.45) is 5.92 Å². The maximum atomic E-state index is 11.5. The minimum absolute atomic E-state index is 0.102. The molecule has 1 fully saturated rings. The van der Waals surface area contributed by atoms with E-state index in [0.29, 0.717) is 0 Å². The Morgan fingerprint density at radius 2 is 2.00 bits per heavy atom. The molecule has 1 rings (SSSR count). The van der Waals surface area contributed by atoms with Gasteiger partial charge in [-0.15, -0.1) is 0 Å². The van der Waals surface area contributed by atoms with Crippen LogP contribution in [0, 0.1) is 5.92 Å². The van der Waals surface area contributed by atoms with Crippen molar-refractivity contribution in [3.05, 3.63) is 0 Å². The predicted octanol–water partition coefficient (Wildman–Crippen LogP) is 0.855. The molecule has 0 spiro atoms. The van der Waals surface area contributed by atoms with Crippen LogP contribution in [-0.2, 0) is 14.3 Å². The number of likely N-dealkylation sites (tertiary alicyclic amines) is 1. The van der Waals surface area contributed by atoms with Crippen molar-refractivity contribution >= 4 is 18.0 Å². The van der Waals surface area contributed by atoms with E-state index < -0.39 is 29.5 Å². The highest BCUT2D eigenvalue weighted by Crippen LogP contribution is 2.20. The maximum absolute atomic E-state index is 11.5. The van der Waals surface area contributed by atoms with Gasteiger partial charge in [-0.2, -0.15) is 0 Å². The van der Waals surface area contributed by atoms with Crippen LogP contribution in [0.5, 0.6) is 0 Å². The number of rotatable bonds is 1. The highest BCUT2D eigenvalue weighted by atomic mass is 16.6. The number of hydrogen-bond acceptors (Lipinski definition) is 4. The molecule has 1 N–H and O–H groups in total. The summed E-state index contributed by atoms with van der Waals surface area (Å²) < 4.78 is 4.99. The van der Waals surface area contributed by atoms with E-state index in [9.17, 15) is 14.4 Å². The molecule has 0 radical (unpaired) electrons. The van der Waals surface area contributed by atoms with Crippen molar-refractivity contribution in [2.45, 2.75) is 32.8 Å². The van der Waals surface area contributed by atoms with Crippen molar-refractivity contribution in [1.29, 1.82) is 0 Å². The third-order valence-electron chi connectivity index (χ3n) is 2.12. The Labute approximate surface area is 93.2 Å². The summed E-state index contributed by atoms with van der Waals surface area (Å²) >= 11 is 0. The first-order chi connectivity index (χ1) is 7.22. The van der Waals surface area contributed by atoms with Crippen LogP contribution in [0.3, 0.4) is 0 Å². The zero-order chi connectivity index (χ0) is 12.5. The molecule has 1 unspecified atom stereocenters. The monoisotopic (exact) mass is 229 g/mol. The van der Waals surface area contributed by atoms with Crippen molar-refractivity contribution < 1.29 is 24.2 Å². The van der Waals surface area contributed by atoms with E-state index in [2.05, 4.69) is 0 Å². The van der Waals surface area contributed by atoms with Gasteiger partial charge in [-0.1, -0.05) is 0 Å². The second-order valence-electron chi connectivity index (χ2n) is 4.65. The first-order valence-corrected chi connectivity index (χ1v) is 4.99. The number of imide groups is 1. The van der Waals surface area contributed by atoms with E-state index in [1.807, 2.05) is 0 Å². The summed E-state index contributed by atoms with van der Waals surface area (Å²) in [4.78, 5) is 34.6. The number of aliphatic carboxylic acids is 1. The lowest BCUT2D eigenvalue weighted by molar-refractivity contribution is -0.147. The molecular weight excluding hydrogens is 214 g/mol. The summed E-state index contributed by atoms with van der Waals surface area (Å²) in [5, 5.41) is 8.72. The fourth-order valence-electron chi connectivity index (χ4n) is 1.41. The number of carboxylic acid groups (broad SMARTS) is 1. The zero-order valence-electron chi connectivity index (χ0n) is 9.52. The number of nitrogens with zero attached hydrogens (tertiary/aromatic N) is 1. The molecular formula is C10H15NO5. The zero-order valence-corrected chi connectivity index (χ0v) is 9.52. The van der Waals surface area contributed by atoms with E-state index in [0.717, 1.165) is 4.90 Å². The van der Waals surface area contributed by atoms with Crippen LogP contribution in [-0.4, -0.2) is 40.1 Å². The van der Waals surface area contributed by atoms with Gasteiger partial charge in [-0.3, -0.25) is 9.59 Å². The number of carbonyl (C=O) groups excluding carboxylic acids is 2. The van der Waals surface area contributed by atoms with Crippen molar-refractivity contribution in [3.8, 4) is 0 Å². The smallest absolute Gasteiger partial charge is 0.417 e. The first-order valence-electron chi connectivity index (χ1n) is 4.99. The van der Waals surface area contributed by atoms with Gasteiger partial charge in [0.15, 0.2) is 0 Å². The lowest BCUT2D eigenvalue weighted by Gasteiger charge is -2.23. The highest BCUT2D eigenvalue weighted by molar-refractivity contribution is 6.04. The molecule has 0 aromatic carbocycles. The Hall–Kier alpha value is -1.59. The number of amides is 2. The molecule has 2 amide bonds. The summed E-state index contributed by atoms with van der Waals surface area (Å²) in [6.07, 6.45) is -0.630. The van der Waals surface area contributed by atoms with Crippen LogP contribution < -0.4 is 0 Å². The van der Waals surface area contributed by atoms with E-state index in [1.165, 1.54) is 0 Å². The molecule has 6 nitrogen and oxygen atoms in total. The molecule has 0 saturated carbocycles. The fourth-order valence-corrected chi connectivity index (χ4v) is 1.41. The first kappa shape index (κ1) is 12.5. The number of ether oxygens (including phenoxy) is 1. The Balaban J connectivity index is 2.67. The summed E-state index contributed by atoms with van der Waals surface area (Å²) in [5.74, 6) is -3.01. The number of hydrogen-bond donors (Lipinski definition) is 1. The van der Waals surface area contributed by atoms with Crippen molar-refractivity contribution in [1.82, 2.24) is 4.90 Å². The topological polar surface area (TPSA) is 83.9 Å². The van der Waals surface area contributed by atoms with E-state index >= 15 is 0 Å². The SMILES string of the molecule is CC(C)(C)OC(=O)N1CCC(C(=O)O)C1=O. The van der Waals surface area contributed by atoms with Gasteiger partial charge in [0, 0.05) is 6.54 Å². The summed E-state index contributed by atoms with van der Waals surface area (Å²) in [5.41, 5.74) is -0.696. The predicted molar refractivity (Wildman–Crippen MR) is 53.7 cm³/mol. The van der Waals surface area contributed by atoms with E-state index in [4.69, 9.17) is 9.84 Å². The van der Waals surface area contributed by atoms with Gasteiger partial charge in [-0.25, -0.2) is 9.69 Å². The normalized spacial score (nSPS) is 21.1. The van der Waals surface area contributed by atoms with Crippen LogP contribution in [0.2, 0.25) is 0 Å². The van der Waals surface area contributed by atoms with Gasteiger partial charge in [0.05, 0.1) is 0 Å². The summed E-state index contributed by atoms with van der Waals surface area (Å²) in [6.45, 7) is 5.14. The third-order valence-corrected chi connectivity index (χ3v) is 2.12. The molecule has 1 heterocycles. The highest BCUT2D eigenvalue weighted by Gasteiger charge is 2.41. The quantitative estimate of drug-likeness (QED) is 0.674. The van der Waals surface area contributed by atoms with Gasteiger partial charge < -0.3 is 9.84 Å². The lowest BCUT2D eigenvalue weighted by atomic mass is 10.1. The van der Waals surface area contributed by atoms with Gasteiger partial charge in [0.25, 0.3) is 0 Å². The summed E-state index contributed by atoms with van der Waals surface area (Å²) in [6, 6.07) is 0. The van der Waals surface area contributed by atoms with E-state index in [1.54, 1.807) is 20.8 Å². The molecule has 0 bridgehead atoms. The molecule has 1 saturated heterocycles. The Morgan fingerprint density at radius 1 is 1.44 bits per heavy atom. The maximum Gasteiger partial charge on any atom is 0.417 e. The van der Waals surface area contributed by atoms with Gasteiger partial charge in [0.2, 0.25) is 5.91 Å². The van der Waals surface area contributed by atoms with Crippen LogP contribution in [0.15, 0.2) is 0 Å². The third kappa shape index (κ3) is 2.71. The molecule has 1 atom stereocenters. The molecule has 16 heavy (non-hydrogen) atoms. The number of carboxylic acids is 1. The molecule has 0 aromatic heterocycles. The average molecular weight is 229 g/mol. The Bertz CT molecular complexity index is 331. The van der Waals surface area contributed by atoms with Crippen LogP contribution in [0.1, 0.15) is 27.2 Å². The largest absolute Gasteiger partial charge is 0.481 e. The second-order valence-corrected chi connectivity index (χ2v) is 4.65. The van der Waals surface area contributed by atoms with Gasteiger partial charge >= 0.3 is 12.1 Å². The van der Waals surface area contributed by atoms with Gasteiger partial charge in [0.1, 0.15) is 11.5 Å². The second kappa shape index (κ2) is 4.11. The number of carbonyl (C=O) groups is 3. The van der Waals surface area contributed by atoms with Crippen molar-refractivity contribution in [2.75, 3.05) is 6.54 Å². The standard InChI is InChI=1S/C10H15NO5/c1-10(2,3)16-9(15)11-5-4-6(7(11)12)8(13)14/h6H,4-5H2,1-3H3,(H,13,14). The minimum atomic E-state index is -1.20. The minimum Gasteiger partial charge on any atom is -0.481 e. The fraction of sp³-hybridized carbons (Fsp3) is 0.700. The lowest BCUT2D eigenvalue weighted by Crippen LogP contribution is -2.39. The van der Waals surface area contributed by atoms with E-state index in [-0.39, 0.29) is 13.0 Å². The molecule has 6 heteroatoms. The van der Waals surface area contributed by atoms with Crippen LogP contribution in [0.25, 0.3) is 0 Å². The molecule has 1 aliphatic rings. The van der Waals surface area contributed by atoms with Crippen molar-refractivity contribution in [3.63, 3.8) is 0 Å². The van der Waals surface area contributed by atoms with Crippen LogP contribution >= 0.6 is 0 Å². The van der Waals surface area contributed by atoms with Gasteiger partial charge in [-0.05, 0) is 27.2 Å². The molecule has 0 aliphatic carbocycles. The Kier molecular flexibility index (Phi) is 3.21. The molecule has 0 aromatic rings. The average Bonchev–Trinajstić information content (AvgIpc) is 2.43. The van der Waals surface area contributed by atoms with Crippen LogP contribution in [0.4, 0.5) is 4.79 Å². The Morgan fingerprint density at radius 3 is 2.38 bits per heavy atom. The summed E-state index contributed by atoms with van der Waals surface area (Å²) in [7, 11) is 0.